The number of carbonyl (C=O) groups is 1. The van der Waals surface area contributed by atoms with Crippen LogP contribution in [0, 0.1) is 12.8 Å². The molecule has 0 aromatic carbocycles. The highest BCUT2D eigenvalue weighted by molar-refractivity contribution is 7.10. The van der Waals surface area contributed by atoms with Crippen molar-refractivity contribution in [1.29, 1.82) is 0 Å². The molecule has 1 aromatic heterocycles. The van der Waals surface area contributed by atoms with E-state index >= 15 is 0 Å². The summed E-state index contributed by atoms with van der Waals surface area (Å²) < 4.78 is 0. The van der Waals surface area contributed by atoms with Gasteiger partial charge in [-0.1, -0.05) is 20.3 Å². The summed E-state index contributed by atoms with van der Waals surface area (Å²) in [6.07, 6.45) is 0.897. The Balaban J connectivity index is 3.00. The minimum Gasteiger partial charge on any atom is -0.481 e. The van der Waals surface area contributed by atoms with Crippen molar-refractivity contribution < 1.29 is 9.90 Å². The van der Waals surface area contributed by atoms with Gasteiger partial charge in [0.2, 0.25) is 0 Å². The number of hydrogen-bond donors (Lipinski definition) is 1. The van der Waals surface area contributed by atoms with Crippen molar-refractivity contribution in [3.8, 4) is 0 Å². The van der Waals surface area contributed by atoms with Crippen LogP contribution in [0.2, 0.25) is 0 Å². The van der Waals surface area contributed by atoms with E-state index in [-0.39, 0.29) is 11.8 Å². The zero-order valence-electron chi connectivity index (χ0n) is 8.78. The Kier molecular flexibility index (Phi) is 3.69. The average molecular weight is 212 g/mol. The van der Waals surface area contributed by atoms with E-state index in [4.69, 9.17) is 0 Å². The van der Waals surface area contributed by atoms with Crippen molar-refractivity contribution in [2.75, 3.05) is 0 Å². The lowest BCUT2D eigenvalue weighted by atomic mass is 9.89. The topological polar surface area (TPSA) is 37.3 Å². The van der Waals surface area contributed by atoms with Gasteiger partial charge in [-0.05, 0) is 29.9 Å². The third-order valence-electron chi connectivity index (χ3n) is 2.66. The fourth-order valence-electron chi connectivity index (χ4n) is 1.55. The maximum atomic E-state index is 11.2. The summed E-state index contributed by atoms with van der Waals surface area (Å²) >= 11 is 1.55. The Morgan fingerprint density at radius 1 is 1.64 bits per heavy atom. The fourth-order valence-corrected chi connectivity index (χ4v) is 2.71. The molecule has 0 aliphatic heterocycles. The van der Waals surface area contributed by atoms with Crippen molar-refractivity contribution in [3.63, 3.8) is 0 Å². The summed E-state index contributed by atoms with van der Waals surface area (Å²) in [5.41, 5.74) is 1.10. The first kappa shape index (κ1) is 11.2. The number of carboxylic acids is 1. The van der Waals surface area contributed by atoms with E-state index < -0.39 is 5.97 Å². The minimum absolute atomic E-state index is 0.199. The lowest BCUT2D eigenvalue weighted by Gasteiger charge is -2.18. The van der Waals surface area contributed by atoms with Crippen LogP contribution in [0.1, 0.15) is 36.6 Å². The first-order chi connectivity index (χ1) is 6.57. The number of hydrogen-bond acceptors (Lipinski definition) is 2. The smallest absolute Gasteiger partial charge is 0.312 e. The molecule has 0 saturated carbocycles. The highest BCUT2D eigenvalue weighted by Gasteiger charge is 2.27. The van der Waals surface area contributed by atoms with E-state index in [2.05, 4.69) is 0 Å². The molecule has 0 amide bonds. The van der Waals surface area contributed by atoms with Crippen LogP contribution >= 0.6 is 11.3 Å². The Bertz CT molecular complexity index is 317. The molecule has 2 atom stereocenters. The minimum atomic E-state index is -0.704. The number of aryl methyl sites for hydroxylation is 1. The molecular formula is C11H16O2S. The van der Waals surface area contributed by atoms with Gasteiger partial charge in [-0.2, -0.15) is 0 Å². The quantitative estimate of drug-likeness (QED) is 0.831. The van der Waals surface area contributed by atoms with Gasteiger partial charge in [0.1, 0.15) is 0 Å². The second kappa shape index (κ2) is 4.60. The predicted octanol–water partition coefficient (Wildman–Crippen LogP) is 3.27. The molecule has 1 rings (SSSR count). The van der Waals surface area contributed by atoms with Gasteiger partial charge < -0.3 is 5.11 Å². The second-order valence-corrected chi connectivity index (χ2v) is 4.62. The van der Waals surface area contributed by atoms with Crippen molar-refractivity contribution in [3.05, 3.63) is 21.9 Å². The number of carboxylic acid groups (broad SMARTS) is 1. The molecule has 0 bridgehead atoms. The summed E-state index contributed by atoms with van der Waals surface area (Å²) in [7, 11) is 0. The van der Waals surface area contributed by atoms with Crippen molar-refractivity contribution in [2.45, 2.75) is 33.1 Å². The Morgan fingerprint density at radius 3 is 2.64 bits per heavy atom. The molecule has 0 aliphatic carbocycles. The van der Waals surface area contributed by atoms with Crippen LogP contribution in [0.5, 0.6) is 0 Å². The largest absolute Gasteiger partial charge is 0.481 e. The van der Waals surface area contributed by atoms with Gasteiger partial charge in [-0.3, -0.25) is 4.79 Å². The van der Waals surface area contributed by atoms with Crippen molar-refractivity contribution >= 4 is 17.3 Å². The van der Waals surface area contributed by atoms with Crippen molar-refractivity contribution in [1.82, 2.24) is 0 Å². The zero-order valence-corrected chi connectivity index (χ0v) is 9.60. The molecule has 0 radical (unpaired) electrons. The monoisotopic (exact) mass is 212 g/mol. The standard InChI is InChI=1S/C11H16O2S/c1-4-7(2)9(11(12)13)10-8(3)5-6-14-10/h5-7,9H,4H2,1-3H3,(H,12,13). The molecule has 0 saturated heterocycles. The summed E-state index contributed by atoms with van der Waals surface area (Å²) in [5, 5.41) is 11.1. The van der Waals surface area contributed by atoms with Gasteiger partial charge in [-0.15, -0.1) is 11.3 Å². The van der Waals surface area contributed by atoms with Crippen LogP contribution in [0.25, 0.3) is 0 Å². The highest BCUT2D eigenvalue weighted by atomic mass is 32.1. The van der Waals surface area contributed by atoms with Gasteiger partial charge in [0.05, 0.1) is 5.92 Å². The molecule has 14 heavy (non-hydrogen) atoms. The molecule has 0 aliphatic rings. The van der Waals surface area contributed by atoms with Crippen molar-refractivity contribution in [2.24, 2.45) is 5.92 Å². The van der Waals surface area contributed by atoms with E-state index in [0.717, 1.165) is 16.9 Å². The van der Waals surface area contributed by atoms with E-state index in [9.17, 15) is 9.90 Å². The van der Waals surface area contributed by atoms with E-state index in [1.165, 1.54) is 0 Å². The molecule has 78 valence electrons. The fraction of sp³-hybridized carbons (Fsp3) is 0.545. The SMILES string of the molecule is CCC(C)C(C(=O)O)c1sccc1C. The van der Waals surface area contributed by atoms with Crippen LogP contribution in [0.4, 0.5) is 0 Å². The summed E-state index contributed by atoms with van der Waals surface area (Å²) in [5.74, 6) is -0.838. The Morgan fingerprint density at radius 2 is 2.29 bits per heavy atom. The molecule has 3 heteroatoms. The number of rotatable bonds is 4. The average Bonchev–Trinajstić information content (AvgIpc) is 2.52. The predicted molar refractivity (Wildman–Crippen MR) is 58.9 cm³/mol. The van der Waals surface area contributed by atoms with Gasteiger partial charge >= 0.3 is 5.97 Å². The summed E-state index contributed by atoms with van der Waals surface area (Å²) in [6, 6.07) is 1.98. The lowest BCUT2D eigenvalue weighted by molar-refractivity contribution is -0.140. The van der Waals surface area contributed by atoms with Crippen LogP contribution in [0.15, 0.2) is 11.4 Å². The van der Waals surface area contributed by atoms with Crippen LogP contribution in [-0.2, 0) is 4.79 Å². The molecule has 1 aromatic rings. The van der Waals surface area contributed by atoms with E-state index in [1.54, 1.807) is 11.3 Å². The molecule has 2 unspecified atom stereocenters. The first-order valence-electron chi connectivity index (χ1n) is 4.84. The van der Waals surface area contributed by atoms with Crippen LogP contribution < -0.4 is 0 Å². The Labute approximate surface area is 88.6 Å². The molecule has 2 nitrogen and oxygen atoms in total. The molecule has 1 heterocycles. The molecule has 1 N–H and O–H groups in total. The number of thiophene rings is 1. The first-order valence-corrected chi connectivity index (χ1v) is 5.72. The molecule has 0 spiro atoms. The lowest BCUT2D eigenvalue weighted by Crippen LogP contribution is -2.18. The third kappa shape index (κ3) is 2.15. The van der Waals surface area contributed by atoms with Gasteiger partial charge in [0, 0.05) is 4.88 Å². The maximum absolute atomic E-state index is 11.2. The van der Waals surface area contributed by atoms with E-state index in [1.807, 2.05) is 32.2 Å². The van der Waals surface area contributed by atoms with Crippen LogP contribution in [-0.4, -0.2) is 11.1 Å². The maximum Gasteiger partial charge on any atom is 0.312 e. The third-order valence-corrected chi connectivity index (χ3v) is 3.77. The van der Waals surface area contributed by atoms with Gasteiger partial charge in [0.25, 0.3) is 0 Å². The van der Waals surface area contributed by atoms with Gasteiger partial charge in [-0.25, -0.2) is 0 Å². The highest BCUT2D eigenvalue weighted by Crippen LogP contribution is 2.33. The summed E-state index contributed by atoms with van der Waals surface area (Å²) in [4.78, 5) is 12.2. The molecule has 0 fully saturated rings. The molecular weight excluding hydrogens is 196 g/mol. The second-order valence-electron chi connectivity index (χ2n) is 3.67. The normalized spacial score (nSPS) is 15.1. The zero-order chi connectivity index (χ0) is 10.7. The van der Waals surface area contributed by atoms with Crippen LogP contribution in [0.3, 0.4) is 0 Å². The van der Waals surface area contributed by atoms with E-state index in [0.29, 0.717) is 0 Å². The summed E-state index contributed by atoms with van der Waals surface area (Å²) in [6.45, 7) is 6.01. The van der Waals surface area contributed by atoms with Gasteiger partial charge in [0.15, 0.2) is 0 Å². The number of aliphatic carboxylic acids is 1. The Hall–Kier alpha value is -0.830.